The molecule has 0 spiro atoms. The average Bonchev–Trinajstić information content (AvgIpc) is 3.04. The van der Waals surface area contributed by atoms with Crippen molar-refractivity contribution in [1.82, 2.24) is 5.32 Å². The second-order valence-corrected chi connectivity index (χ2v) is 7.07. The van der Waals surface area contributed by atoms with Crippen molar-refractivity contribution in [3.8, 4) is 0 Å². The molecule has 0 aliphatic carbocycles. The van der Waals surface area contributed by atoms with Gasteiger partial charge in [-0.1, -0.05) is 35.4 Å². The van der Waals surface area contributed by atoms with Gasteiger partial charge in [0, 0.05) is 18.7 Å². The third-order valence-corrected chi connectivity index (χ3v) is 4.99. The molecule has 1 aliphatic rings. The van der Waals surface area contributed by atoms with E-state index >= 15 is 0 Å². The summed E-state index contributed by atoms with van der Waals surface area (Å²) in [6.45, 7) is 1.83. The lowest BCUT2D eigenvalue weighted by Crippen LogP contribution is -2.37. The van der Waals surface area contributed by atoms with Gasteiger partial charge in [0.15, 0.2) is 0 Å². The zero-order chi connectivity index (χ0) is 19.6. The molecule has 5 nitrogen and oxygen atoms in total. The van der Waals surface area contributed by atoms with E-state index in [1.54, 1.807) is 11.0 Å². The van der Waals surface area contributed by atoms with E-state index in [2.05, 4.69) is 5.32 Å². The lowest BCUT2D eigenvalue weighted by atomic mass is 10.0. The molecule has 7 heteroatoms. The highest BCUT2D eigenvalue weighted by atomic mass is 35.5. The molecule has 0 radical (unpaired) electrons. The minimum absolute atomic E-state index is 0.0307. The van der Waals surface area contributed by atoms with E-state index in [0.717, 1.165) is 11.3 Å². The van der Waals surface area contributed by atoms with E-state index in [1.807, 2.05) is 31.2 Å². The van der Waals surface area contributed by atoms with Crippen LogP contribution < -0.4 is 10.2 Å². The number of rotatable bonds is 5. The van der Waals surface area contributed by atoms with Crippen molar-refractivity contribution in [1.29, 1.82) is 0 Å². The second-order valence-electron chi connectivity index (χ2n) is 6.66. The first-order valence-electron chi connectivity index (χ1n) is 8.62. The molecular formula is C20H20ClFN2O3. The van der Waals surface area contributed by atoms with Crippen molar-refractivity contribution in [2.75, 3.05) is 18.1 Å². The van der Waals surface area contributed by atoms with Gasteiger partial charge in [-0.2, -0.15) is 0 Å². The smallest absolute Gasteiger partial charge is 0.227 e. The van der Waals surface area contributed by atoms with E-state index in [1.165, 1.54) is 12.1 Å². The Kier molecular flexibility index (Phi) is 5.77. The summed E-state index contributed by atoms with van der Waals surface area (Å²) in [7, 11) is 0. The Labute approximate surface area is 161 Å². The van der Waals surface area contributed by atoms with Gasteiger partial charge in [0.25, 0.3) is 0 Å². The Morgan fingerprint density at radius 1 is 1.33 bits per heavy atom. The third-order valence-electron chi connectivity index (χ3n) is 4.69. The highest BCUT2D eigenvalue weighted by Gasteiger charge is 2.35. The molecule has 3 rings (SSSR count). The number of aliphatic hydroxyl groups excluding tert-OH is 1. The number of carbonyl (C=O) groups excluding carboxylic acids is 2. The first-order chi connectivity index (χ1) is 12.9. The van der Waals surface area contributed by atoms with Gasteiger partial charge in [0.05, 0.1) is 23.6 Å². The summed E-state index contributed by atoms with van der Waals surface area (Å²) in [5, 5.41) is 12.3. The largest absolute Gasteiger partial charge is 0.394 e. The van der Waals surface area contributed by atoms with Crippen LogP contribution in [-0.4, -0.2) is 30.1 Å². The van der Waals surface area contributed by atoms with Crippen molar-refractivity contribution in [2.24, 2.45) is 5.92 Å². The topological polar surface area (TPSA) is 69.6 Å². The van der Waals surface area contributed by atoms with Crippen LogP contribution in [0.5, 0.6) is 0 Å². The van der Waals surface area contributed by atoms with E-state index < -0.39 is 24.4 Å². The number of carbonyl (C=O) groups is 2. The molecular weight excluding hydrogens is 371 g/mol. The maximum Gasteiger partial charge on any atom is 0.227 e. The highest BCUT2D eigenvalue weighted by molar-refractivity contribution is 6.30. The Morgan fingerprint density at radius 2 is 2.04 bits per heavy atom. The number of nitrogens with zero attached hydrogens (tertiary/aromatic N) is 1. The minimum Gasteiger partial charge on any atom is -0.394 e. The number of benzene rings is 2. The van der Waals surface area contributed by atoms with Crippen molar-refractivity contribution < 1.29 is 19.1 Å². The van der Waals surface area contributed by atoms with Crippen LogP contribution in [0.25, 0.3) is 0 Å². The van der Waals surface area contributed by atoms with E-state index in [0.29, 0.717) is 5.56 Å². The number of amides is 2. The highest BCUT2D eigenvalue weighted by Crippen LogP contribution is 2.26. The van der Waals surface area contributed by atoms with Gasteiger partial charge in [0.2, 0.25) is 11.8 Å². The summed E-state index contributed by atoms with van der Waals surface area (Å²) in [6.07, 6.45) is 0.0901. The van der Waals surface area contributed by atoms with Gasteiger partial charge in [0.1, 0.15) is 5.82 Å². The Hall–Kier alpha value is -2.44. The maximum atomic E-state index is 13.7. The van der Waals surface area contributed by atoms with Crippen LogP contribution in [-0.2, 0) is 9.59 Å². The average molecular weight is 391 g/mol. The first kappa shape index (κ1) is 19.3. The van der Waals surface area contributed by atoms with Gasteiger partial charge in [-0.05, 0) is 36.8 Å². The molecule has 2 amide bonds. The molecule has 1 aliphatic heterocycles. The van der Waals surface area contributed by atoms with Gasteiger partial charge < -0.3 is 15.3 Å². The molecule has 0 unspecified atom stereocenters. The van der Waals surface area contributed by atoms with Gasteiger partial charge in [-0.3, -0.25) is 9.59 Å². The van der Waals surface area contributed by atoms with Crippen molar-refractivity contribution in [3.63, 3.8) is 0 Å². The summed E-state index contributed by atoms with van der Waals surface area (Å²) in [6, 6.07) is 10.8. The van der Waals surface area contributed by atoms with Crippen molar-refractivity contribution >= 4 is 29.1 Å². The zero-order valence-corrected chi connectivity index (χ0v) is 15.5. The fourth-order valence-corrected chi connectivity index (χ4v) is 3.23. The van der Waals surface area contributed by atoms with Crippen LogP contribution in [0.15, 0.2) is 42.5 Å². The van der Waals surface area contributed by atoms with Gasteiger partial charge >= 0.3 is 0 Å². The van der Waals surface area contributed by atoms with Crippen LogP contribution in [0.3, 0.4) is 0 Å². The molecule has 1 saturated heterocycles. The third kappa shape index (κ3) is 4.28. The van der Waals surface area contributed by atoms with Crippen LogP contribution in [0, 0.1) is 18.7 Å². The summed E-state index contributed by atoms with van der Waals surface area (Å²) >= 11 is 5.67. The number of aliphatic hydroxyl groups is 1. The summed E-state index contributed by atoms with van der Waals surface area (Å²) in [5.74, 6) is -1.64. The first-order valence-corrected chi connectivity index (χ1v) is 9.00. The zero-order valence-electron chi connectivity index (χ0n) is 14.8. The van der Waals surface area contributed by atoms with Gasteiger partial charge in [-0.25, -0.2) is 4.39 Å². The summed E-state index contributed by atoms with van der Waals surface area (Å²) in [5.41, 5.74) is 2.24. The van der Waals surface area contributed by atoms with Crippen LogP contribution >= 0.6 is 11.6 Å². The molecule has 142 valence electrons. The minimum atomic E-state index is -0.771. The Balaban J connectivity index is 1.69. The lowest BCUT2D eigenvalue weighted by molar-refractivity contribution is -0.127. The van der Waals surface area contributed by atoms with Crippen molar-refractivity contribution in [3.05, 3.63) is 64.4 Å². The fraction of sp³-hybridized carbons (Fsp3) is 0.300. The predicted molar refractivity (Wildman–Crippen MR) is 101 cm³/mol. The quantitative estimate of drug-likeness (QED) is 0.824. The monoisotopic (exact) mass is 390 g/mol. The van der Waals surface area contributed by atoms with Gasteiger partial charge in [-0.15, -0.1) is 0 Å². The fourth-order valence-electron chi connectivity index (χ4n) is 3.11. The molecule has 2 aromatic carbocycles. The van der Waals surface area contributed by atoms with E-state index in [9.17, 15) is 19.1 Å². The number of nitrogens with one attached hydrogen (secondary N) is 1. The number of anilines is 1. The molecule has 0 bridgehead atoms. The SMILES string of the molecule is Cc1ccc(N2C[C@H](C(=O)N[C@@H](CO)c3ccc(Cl)c(F)c3)CC2=O)cc1. The maximum absolute atomic E-state index is 13.7. The summed E-state index contributed by atoms with van der Waals surface area (Å²) in [4.78, 5) is 26.5. The number of halogens is 2. The molecule has 2 aromatic rings. The predicted octanol–water partition coefficient (Wildman–Crippen LogP) is 2.99. The van der Waals surface area contributed by atoms with E-state index in [4.69, 9.17) is 11.6 Å². The van der Waals surface area contributed by atoms with Crippen LogP contribution in [0.4, 0.5) is 10.1 Å². The number of aryl methyl sites for hydroxylation is 1. The molecule has 1 fully saturated rings. The standard InChI is InChI=1S/C20H20ClFN2O3/c1-12-2-5-15(6-3-12)24-10-14(9-19(24)26)20(27)23-18(11-25)13-4-7-16(21)17(22)8-13/h2-8,14,18,25H,9-11H2,1H3,(H,23,27)/t14-,18+/m1/s1. The molecule has 27 heavy (non-hydrogen) atoms. The molecule has 2 N–H and O–H groups in total. The second kappa shape index (κ2) is 8.06. The van der Waals surface area contributed by atoms with E-state index in [-0.39, 0.29) is 29.8 Å². The lowest BCUT2D eigenvalue weighted by Gasteiger charge is -2.20. The van der Waals surface area contributed by atoms with Crippen molar-refractivity contribution in [2.45, 2.75) is 19.4 Å². The molecule has 1 heterocycles. The van der Waals surface area contributed by atoms with Crippen LogP contribution in [0.1, 0.15) is 23.6 Å². The van der Waals surface area contributed by atoms with Crippen LogP contribution in [0.2, 0.25) is 5.02 Å². The summed E-state index contributed by atoms with van der Waals surface area (Å²) < 4.78 is 13.7. The molecule has 0 aromatic heterocycles. The number of hydrogen-bond donors (Lipinski definition) is 2. The molecule has 2 atom stereocenters. The number of hydrogen-bond acceptors (Lipinski definition) is 3. The normalized spacial score (nSPS) is 17.9. The Bertz CT molecular complexity index is 857. The Morgan fingerprint density at radius 3 is 2.67 bits per heavy atom. The molecule has 0 saturated carbocycles.